The van der Waals surface area contributed by atoms with Gasteiger partial charge in [0.05, 0.1) is 13.7 Å². The van der Waals surface area contributed by atoms with Crippen LogP contribution in [0, 0.1) is 0 Å². The zero-order valence-electron chi connectivity index (χ0n) is 10.3. The highest BCUT2D eigenvalue weighted by Gasteiger charge is 2.31. The van der Waals surface area contributed by atoms with Crippen molar-refractivity contribution < 1.29 is 14.6 Å². The van der Waals surface area contributed by atoms with Crippen LogP contribution in [0.4, 0.5) is 5.69 Å². The lowest BCUT2D eigenvalue weighted by Gasteiger charge is -2.21. The standard InChI is InChI=1S/C13H15NO3S/c1-13(16,12(15)17-2)8-14-10-3-4-11-9(7-10)5-6-18-11/h3-7,14,16H,8H2,1-2H3. The molecule has 4 nitrogen and oxygen atoms in total. The fourth-order valence-electron chi connectivity index (χ4n) is 1.64. The van der Waals surface area contributed by atoms with Crippen molar-refractivity contribution in [3.05, 3.63) is 29.6 Å². The maximum Gasteiger partial charge on any atom is 0.339 e. The molecule has 0 saturated heterocycles. The van der Waals surface area contributed by atoms with Crippen molar-refractivity contribution in [3.8, 4) is 0 Å². The van der Waals surface area contributed by atoms with Crippen LogP contribution in [0.1, 0.15) is 6.92 Å². The van der Waals surface area contributed by atoms with Gasteiger partial charge in [0.1, 0.15) is 0 Å². The number of benzene rings is 1. The van der Waals surface area contributed by atoms with Crippen LogP contribution in [0.25, 0.3) is 10.1 Å². The highest BCUT2D eigenvalue weighted by Crippen LogP contribution is 2.24. The van der Waals surface area contributed by atoms with Crippen LogP contribution in [-0.4, -0.2) is 30.3 Å². The zero-order valence-corrected chi connectivity index (χ0v) is 11.1. The first-order chi connectivity index (χ1) is 8.53. The average molecular weight is 265 g/mol. The van der Waals surface area contributed by atoms with Crippen molar-refractivity contribution in [3.63, 3.8) is 0 Å². The quantitative estimate of drug-likeness (QED) is 0.832. The van der Waals surface area contributed by atoms with Crippen molar-refractivity contribution in [2.75, 3.05) is 19.0 Å². The van der Waals surface area contributed by atoms with E-state index in [1.807, 2.05) is 29.6 Å². The molecule has 5 heteroatoms. The summed E-state index contributed by atoms with van der Waals surface area (Å²) in [6.45, 7) is 1.53. The van der Waals surface area contributed by atoms with E-state index in [1.165, 1.54) is 18.7 Å². The maximum atomic E-state index is 11.3. The number of carbonyl (C=O) groups excluding carboxylic acids is 1. The minimum atomic E-state index is -1.53. The summed E-state index contributed by atoms with van der Waals surface area (Å²) in [6.07, 6.45) is 0. The monoisotopic (exact) mass is 265 g/mol. The van der Waals surface area contributed by atoms with Gasteiger partial charge in [0.2, 0.25) is 0 Å². The van der Waals surface area contributed by atoms with Gasteiger partial charge in [-0.25, -0.2) is 4.79 Å². The topological polar surface area (TPSA) is 58.6 Å². The van der Waals surface area contributed by atoms with E-state index in [2.05, 4.69) is 10.1 Å². The van der Waals surface area contributed by atoms with Crippen molar-refractivity contribution >= 4 is 33.1 Å². The van der Waals surface area contributed by atoms with Crippen molar-refractivity contribution in [1.82, 2.24) is 0 Å². The van der Waals surface area contributed by atoms with Gasteiger partial charge >= 0.3 is 5.97 Å². The third-order valence-corrected chi connectivity index (χ3v) is 3.61. The third-order valence-electron chi connectivity index (χ3n) is 2.71. The maximum absolute atomic E-state index is 11.3. The summed E-state index contributed by atoms with van der Waals surface area (Å²) in [6, 6.07) is 7.95. The lowest BCUT2D eigenvalue weighted by atomic mass is 10.1. The molecule has 0 aliphatic carbocycles. The molecular weight excluding hydrogens is 250 g/mol. The highest BCUT2D eigenvalue weighted by molar-refractivity contribution is 7.17. The van der Waals surface area contributed by atoms with E-state index in [4.69, 9.17) is 0 Å². The minimum absolute atomic E-state index is 0.106. The van der Waals surface area contributed by atoms with E-state index in [0.717, 1.165) is 11.1 Å². The fraction of sp³-hybridized carbons (Fsp3) is 0.308. The summed E-state index contributed by atoms with van der Waals surface area (Å²) >= 11 is 1.68. The van der Waals surface area contributed by atoms with E-state index in [0.29, 0.717) is 0 Å². The number of aliphatic hydroxyl groups is 1. The van der Waals surface area contributed by atoms with Crippen LogP contribution in [0.3, 0.4) is 0 Å². The summed E-state index contributed by atoms with van der Waals surface area (Å²) in [5.41, 5.74) is -0.664. The molecule has 18 heavy (non-hydrogen) atoms. The largest absolute Gasteiger partial charge is 0.467 e. The van der Waals surface area contributed by atoms with Crippen LogP contribution in [0.15, 0.2) is 29.6 Å². The zero-order chi connectivity index (χ0) is 13.2. The van der Waals surface area contributed by atoms with Gasteiger partial charge in [0, 0.05) is 10.4 Å². The van der Waals surface area contributed by atoms with Gasteiger partial charge in [0.25, 0.3) is 0 Å². The first-order valence-corrected chi connectivity index (χ1v) is 6.43. The fourth-order valence-corrected chi connectivity index (χ4v) is 2.41. The Morgan fingerprint density at radius 2 is 2.28 bits per heavy atom. The number of rotatable bonds is 4. The Kier molecular flexibility index (Phi) is 3.54. The SMILES string of the molecule is COC(=O)C(C)(O)CNc1ccc2sccc2c1. The molecule has 1 aromatic carbocycles. The summed E-state index contributed by atoms with van der Waals surface area (Å²) in [4.78, 5) is 11.3. The molecule has 1 unspecified atom stereocenters. The predicted molar refractivity (Wildman–Crippen MR) is 73.0 cm³/mol. The number of fused-ring (bicyclic) bond motifs is 1. The van der Waals surface area contributed by atoms with Gasteiger partial charge in [-0.2, -0.15) is 0 Å². The molecule has 2 aromatic rings. The molecule has 0 saturated carbocycles. The Balaban J connectivity index is 2.07. The Bertz CT molecular complexity index is 562. The van der Waals surface area contributed by atoms with Crippen LogP contribution < -0.4 is 5.32 Å². The number of methoxy groups -OCH3 is 1. The second-order valence-electron chi connectivity index (χ2n) is 4.29. The van der Waals surface area contributed by atoms with Crippen molar-refractivity contribution in [2.24, 2.45) is 0 Å². The second-order valence-corrected chi connectivity index (χ2v) is 5.24. The normalized spacial score (nSPS) is 14.2. The number of carbonyl (C=O) groups is 1. The first kappa shape index (κ1) is 12.9. The molecule has 1 atom stereocenters. The molecular formula is C13H15NO3S. The molecule has 2 rings (SSSR count). The van der Waals surface area contributed by atoms with E-state index in [-0.39, 0.29) is 6.54 Å². The smallest absolute Gasteiger partial charge is 0.339 e. The molecule has 96 valence electrons. The summed E-state index contributed by atoms with van der Waals surface area (Å²) < 4.78 is 5.74. The molecule has 2 N–H and O–H groups in total. The molecule has 0 fully saturated rings. The highest BCUT2D eigenvalue weighted by atomic mass is 32.1. The molecule has 1 aromatic heterocycles. The van der Waals surface area contributed by atoms with Gasteiger partial charge in [-0.3, -0.25) is 0 Å². The number of hydrogen-bond donors (Lipinski definition) is 2. The molecule has 0 bridgehead atoms. The summed E-state index contributed by atoms with van der Waals surface area (Å²) in [5, 5.41) is 16.1. The Morgan fingerprint density at radius 1 is 1.50 bits per heavy atom. The van der Waals surface area contributed by atoms with Gasteiger partial charge in [-0.15, -0.1) is 11.3 Å². The van der Waals surface area contributed by atoms with Crippen LogP contribution in [0.2, 0.25) is 0 Å². The number of hydrogen-bond acceptors (Lipinski definition) is 5. The van der Waals surface area contributed by atoms with E-state index < -0.39 is 11.6 Å². The second kappa shape index (κ2) is 4.96. The number of esters is 1. The first-order valence-electron chi connectivity index (χ1n) is 5.55. The minimum Gasteiger partial charge on any atom is -0.467 e. The molecule has 0 radical (unpaired) electrons. The van der Waals surface area contributed by atoms with E-state index in [1.54, 1.807) is 11.3 Å². The van der Waals surface area contributed by atoms with Crippen molar-refractivity contribution in [2.45, 2.75) is 12.5 Å². The van der Waals surface area contributed by atoms with E-state index >= 15 is 0 Å². The van der Waals surface area contributed by atoms with Gasteiger partial charge in [-0.1, -0.05) is 0 Å². The number of anilines is 1. The molecule has 0 aliphatic rings. The summed E-state index contributed by atoms with van der Waals surface area (Å²) in [7, 11) is 1.26. The number of thiophene rings is 1. The molecule has 0 aliphatic heterocycles. The Morgan fingerprint density at radius 3 is 3.00 bits per heavy atom. The Labute approximate surface area is 109 Å². The van der Waals surface area contributed by atoms with Crippen LogP contribution in [-0.2, 0) is 9.53 Å². The van der Waals surface area contributed by atoms with Gasteiger partial charge in [-0.05, 0) is 42.0 Å². The lowest BCUT2D eigenvalue weighted by Crippen LogP contribution is -2.42. The lowest BCUT2D eigenvalue weighted by molar-refractivity contribution is -0.158. The molecule has 0 amide bonds. The average Bonchev–Trinajstić information content (AvgIpc) is 2.82. The Hall–Kier alpha value is -1.59. The van der Waals surface area contributed by atoms with Crippen LogP contribution >= 0.6 is 11.3 Å². The predicted octanol–water partition coefficient (Wildman–Crippen LogP) is 2.24. The van der Waals surface area contributed by atoms with Gasteiger partial charge < -0.3 is 15.2 Å². The van der Waals surface area contributed by atoms with E-state index in [9.17, 15) is 9.90 Å². The molecule has 0 spiro atoms. The number of ether oxygens (including phenoxy) is 1. The summed E-state index contributed by atoms with van der Waals surface area (Å²) in [5.74, 6) is -0.647. The third kappa shape index (κ3) is 2.63. The van der Waals surface area contributed by atoms with Gasteiger partial charge in [0.15, 0.2) is 5.60 Å². The molecule has 1 heterocycles. The number of nitrogens with one attached hydrogen (secondary N) is 1. The van der Waals surface area contributed by atoms with Crippen molar-refractivity contribution in [1.29, 1.82) is 0 Å². The van der Waals surface area contributed by atoms with Crippen LogP contribution in [0.5, 0.6) is 0 Å².